The van der Waals surface area contributed by atoms with Crippen LogP contribution in [0, 0.1) is 0 Å². The Morgan fingerprint density at radius 2 is 1.10 bits per heavy atom. The van der Waals surface area contributed by atoms with Crippen molar-refractivity contribution in [3.8, 4) is 0 Å². The van der Waals surface area contributed by atoms with Gasteiger partial charge in [-0.2, -0.15) is 0 Å². The van der Waals surface area contributed by atoms with Gasteiger partial charge in [0.25, 0.3) is 0 Å². The Hall–Kier alpha value is -2.22. The monoisotopic (exact) mass is 262 g/mol. The number of ketones is 2. The second-order valence-corrected chi connectivity index (χ2v) is 5.67. The van der Waals surface area contributed by atoms with Gasteiger partial charge in [-0.1, -0.05) is 12.1 Å². The molecule has 20 heavy (non-hydrogen) atoms. The number of carbonyl (C=O) groups is 2. The van der Waals surface area contributed by atoms with E-state index in [0.717, 1.165) is 34.1 Å². The molecule has 0 fully saturated rings. The van der Waals surface area contributed by atoms with Crippen molar-refractivity contribution in [2.45, 2.75) is 25.7 Å². The van der Waals surface area contributed by atoms with Crippen molar-refractivity contribution in [2.24, 2.45) is 0 Å². The van der Waals surface area contributed by atoms with E-state index in [1.807, 2.05) is 12.1 Å². The summed E-state index contributed by atoms with van der Waals surface area (Å²) in [6, 6.07) is 8.55. The molecule has 0 amide bonds. The Kier molecular flexibility index (Phi) is 2.40. The number of hydrogen-bond acceptors (Lipinski definition) is 2. The van der Waals surface area contributed by atoms with Crippen molar-refractivity contribution in [2.75, 3.05) is 0 Å². The maximum absolute atomic E-state index is 11.5. The second-order valence-electron chi connectivity index (χ2n) is 5.67. The van der Waals surface area contributed by atoms with Gasteiger partial charge < -0.3 is 0 Å². The molecule has 2 nitrogen and oxygen atoms in total. The maximum atomic E-state index is 11.5. The van der Waals surface area contributed by atoms with E-state index in [2.05, 4.69) is 12.1 Å². The van der Waals surface area contributed by atoms with Crippen molar-refractivity contribution in [1.82, 2.24) is 0 Å². The molecule has 0 bridgehead atoms. The lowest BCUT2D eigenvalue weighted by Crippen LogP contribution is -2.33. The summed E-state index contributed by atoms with van der Waals surface area (Å²) >= 11 is 0. The van der Waals surface area contributed by atoms with Gasteiger partial charge in [0.05, 0.1) is 0 Å². The van der Waals surface area contributed by atoms with Gasteiger partial charge in [-0.15, -0.1) is 0 Å². The molecule has 2 aromatic rings. The summed E-state index contributed by atoms with van der Waals surface area (Å²) in [5.74, 6) is -0.843. The summed E-state index contributed by atoms with van der Waals surface area (Å²) in [7, 11) is 0. The lowest BCUT2D eigenvalue weighted by Gasteiger charge is -2.16. The number of hydrogen-bond donors (Lipinski definition) is 0. The van der Waals surface area contributed by atoms with Crippen LogP contribution in [0.3, 0.4) is 0 Å². The molecule has 0 atom stereocenters. The van der Waals surface area contributed by atoms with Crippen LogP contribution in [0.4, 0.5) is 0 Å². The van der Waals surface area contributed by atoms with Crippen LogP contribution in [0.25, 0.3) is 22.9 Å². The number of aryl methyl sites for hydroxylation is 2. The third-order valence-electron chi connectivity index (χ3n) is 4.32. The SMILES string of the molecule is O=C1C=c2cc3cc4c(cc3cc2=CC1=O)CCCC4. The van der Waals surface area contributed by atoms with Gasteiger partial charge in [0.1, 0.15) is 0 Å². The van der Waals surface area contributed by atoms with E-state index in [9.17, 15) is 9.59 Å². The Morgan fingerprint density at radius 3 is 1.55 bits per heavy atom. The minimum Gasteiger partial charge on any atom is -0.286 e. The van der Waals surface area contributed by atoms with Crippen LogP contribution in [-0.4, -0.2) is 11.6 Å². The molecule has 0 unspecified atom stereocenters. The zero-order valence-corrected chi connectivity index (χ0v) is 11.1. The van der Waals surface area contributed by atoms with Crippen LogP contribution in [-0.2, 0) is 22.4 Å². The largest absolute Gasteiger partial charge is 0.286 e. The summed E-state index contributed by atoms with van der Waals surface area (Å²) in [6.07, 6.45) is 7.73. The van der Waals surface area contributed by atoms with E-state index in [1.165, 1.54) is 36.1 Å². The molecule has 98 valence electrons. The van der Waals surface area contributed by atoms with E-state index < -0.39 is 11.6 Å². The zero-order chi connectivity index (χ0) is 13.7. The maximum Gasteiger partial charge on any atom is 0.226 e. The van der Waals surface area contributed by atoms with Gasteiger partial charge in [-0.3, -0.25) is 9.59 Å². The Morgan fingerprint density at radius 1 is 0.650 bits per heavy atom. The van der Waals surface area contributed by atoms with E-state index >= 15 is 0 Å². The van der Waals surface area contributed by atoms with Crippen LogP contribution >= 0.6 is 0 Å². The minimum absolute atomic E-state index is 0.421. The van der Waals surface area contributed by atoms with Gasteiger partial charge in [0.2, 0.25) is 11.6 Å². The number of rotatable bonds is 0. The van der Waals surface area contributed by atoms with Gasteiger partial charge in [0, 0.05) is 0 Å². The molecule has 4 rings (SSSR count). The molecule has 0 radical (unpaired) electrons. The summed E-state index contributed by atoms with van der Waals surface area (Å²) in [5, 5.41) is 4.04. The number of carbonyl (C=O) groups excluding carboxylic acids is 2. The van der Waals surface area contributed by atoms with Gasteiger partial charge in [0.15, 0.2) is 0 Å². The van der Waals surface area contributed by atoms with Crippen LogP contribution in [0.5, 0.6) is 0 Å². The standard InChI is InChI=1S/C18H14O2/c19-17-9-15-7-13-5-11-3-1-2-4-12(11)6-14(13)8-16(15)10-18(17)20/h5-10H,1-4H2. The molecule has 0 aliphatic heterocycles. The number of Topliss-reactive ketones (excluding diaryl/α,β-unsaturated/α-hetero) is 2. The van der Waals surface area contributed by atoms with Crippen LogP contribution in [0.15, 0.2) is 24.3 Å². The summed E-state index contributed by atoms with van der Waals surface area (Å²) in [5.41, 5.74) is 2.87. The van der Waals surface area contributed by atoms with Crippen LogP contribution < -0.4 is 10.4 Å². The van der Waals surface area contributed by atoms with E-state index in [0.29, 0.717) is 0 Å². The molecule has 0 aromatic heterocycles. The summed E-state index contributed by atoms with van der Waals surface area (Å²) in [6.45, 7) is 0. The lowest BCUT2D eigenvalue weighted by atomic mass is 9.88. The van der Waals surface area contributed by atoms with Crippen molar-refractivity contribution in [3.63, 3.8) is 0 Å². The third-order valence-corrected chi connectivity index (χ3v) is 4.32. The molecule has 2 aromatic carbocycles. The van der Waals surface area contributed by atoms with Crippen molar-refractivity contribution >= 4 is 34.5 Å². The second kappa shape index (κ2) is 4.14. The average Bonchev–Trinajstić information content (AvgIpc) is 2.44. The highest BCUT2D eigenvalue weighted by molar-refractivity contribution is 6.57. The smallest absolute Gasteiger partial charge is 0.226 e. The zero-order valence-electron chi connectivity index (χ0n) is 11.1. The van der Waals surface area contributed by atoms with Crippen LogP contribution in [0.1, 0.15) is 24.0 Å². The molecule has 0 saturated heterocycles. The first-order valence-electron chi connectivity index (χ1n) is 7.08. The molecule has 2 aliphatic rings. The molecule has 2 heteroatoms. The average molecular weight is 262 g/mol. The molecular weight excluding hydrogens is 248 g/mol. The normalized spacial score (nSPS) is 17.2. The predicted molar refractivity (Wildman–Crippen MR) is 78.8 cm³/mol. The molecule has 2 aliphatic carbocycles. The minimum atomic E-state index is -0.421. The van der Waals surface area contributed by atoms with Gasteiger partial charge in [-0.05, 0) is 82.3 Å². The van der Waals surface area contributed by atoms with Crippen molar-refractivity contribution < 1.29 is 9.59 Å². The van der Waals surface area contributed by atoms with Gasteiger partial charge >= 0.3 is 0 Å². The topological polar surface area (TPSA) is 34.1 Å². The first-order chi connectivity index (χ1) is 9.70. The summed E-state index contributed by atoms with van der Waals surface area (Å²) < 4.78 is 0. The Balaban J connectivity index is 2.05. The fraction of sp³-hybridized carbons (Fsp3) is 0.222. The molecular formula is C18H14O2. The highest BCUT2D eigenvalue weighted by Crippen LogP contribution is 2.25. The fourth-order valence-corrected chi connectivity index (χ4v) is 3.25. The Labute approximate surface area is 116 Å². The summed E-state index contributed by atoms with van der Waals surface area (Å²) in [4.78, 5) is 23.0. The van der Waals surface area contributed by atoms with Crippen LogP contribution in [0.2, 0.25) is 0 Å². The quantitative estimate of drug-likeness (QED) is 0.673. The highest BCUT2D eigenvalue weighted by Gasteiger charge is 2.14. The predicted octanol–water partition coefficient (Wildman–Crippen LogP) is 1.43. The fourth-order valence-electron chi connectivity index (χ4n) is 3.25. The molecule has 0 N–H and O–H groups in total. The molecule has 0 heterocycles. The van der Waals surface area contributed by atoms with E-state index in [-0.39, 0.29) is 0 Å². The first-order valence-corrected chi connectivity index (χ1v) is 7.08. The third kappa shape index (κ3) is 1.72. The Bertz CT molecular complexity index is 813. The first kappa shape index (κ1) is 11.6. The van der Waals surface area contributed by atoms with E-state index in [4.69, 9.17) is 0 Å². The van der Waals surface area contributed by atoms with E-state index in [1.54, 1.807) is 0 Å². The van der Waals surface area contributed by atoms with Gasteiger partial charge in [-0.25, -0.2) is 0 Å². The van der Waals surface area contributed by atoms with Crippen molar-refractivity contribution in [1.29, 1.82) is 0 Å². The lowest BCUT2D eigenvalue weighted by molar-refractivity contribution is -0.129. The highest BCUT2D eigenvalue weighted by atomic mass is 16.2. The molecule has 0 spiro atoms. The molecule has 0 saturated carbocycles. The number of benzene rings is 2. The van der Waals surface area contributed by atoms with Crippen molar-refractivity contribution in [3.05, 3.63) is 45.8 Å². The number of fused-ring (bicyclic) bond motifs is 3.